The van der Waals surface area contributed by atoms with Gasteiger partial charge in [-0.1, -0.05) is 53.5 Å². The molecule has 0 aliphatic rings. The fourth-order valence-corrected chi connectivity index (χ4v) is 1.83. The molecule has 17 heavy (non-hydrogen) atoms. The lowest BCUT2D eigenvalue weighted by molar-refractivity contribution is 1.45. The molecule has 0 spiro atoms. The van der Waals surface area contributed by atoms with Crippen LogP contribution in [-0.2, 0) is 0 Å². The molecular formula is C13H10Cl2N2. The van der Waals surface area contributed by atoms with Crippen molar-refractivity contribution in [3.05, 3.63) is 64.1 Å². The van der Waals surface area contributed by atoms with E-state index in [4.69, 9.17) is 28.9 Å². The van der Waals surface area contributed by atoms with Crippen LogP contribution >= 0.6 is 23.2 Å². The molecule has 0 aliphatic carbocycles. The molecule has 0 bridgehead atoms. The number of amidine groups is 1. The summed E-state index contributed by atoms with van der Waals surface area (Å²) < 4.78 is 0. The van der Waals surface area contributed by atoms with Gasteiger partial charge in [0.1, 0.15) is 5.84 Å². The molecule has 0 radical (unpaired) electrons. The molecule has 0 unspecified atom stereocenters. The summed E-state index contributed by atoms with van der Waals surface area (Å²) in [6.07, 6.45) is 0. The summed E-state index contributed by atoms with van der Waals surface area (Å²) in [4.78, 5) is 4.27. The fourth-order valence-electron chi connectivity index (χ4n) is 1.38. The quantitative estimate of drug-likeness (QED) is 0.646. The zero-order chi connectivity index (χ0) is 12.3. The van der Waals surface area contributed by atoms with Crippen LogP contribution in [0.25, 0.3) is 0 Å². The monoisotopic (exact) mass is 264 g/mol. The summed E-state index contributed by atoms with van der Waals surface area (Å²) in [6, 6.07) is 14.6. The van der Waals surface area contributed by atoms with Crippen molar-refractivity contribution < 1.29 is 0 Å². The van der Waals surface area contributed by atoms with Gasteiger partial charge in [0.25, 0.3) is 0 Å². The molecule has 0 saturated carbocycles. The molecule has 2 aromatic rings. The first kappa shape index (κ1) is 12.0. The Labute approximate surface area is 110 Å². The molecule has 4 heteroatoms. The van der Waals surface area contributed by atoms with Crippen LogP contribution in [0.5, 0.6) is 0 Å². The molecule has 2 N–H and O–H groups in total. The highest BCUT2D eigenvalue weighted by molar-refractivity contribution is 6.36. The van der Waals surface area contributed by atoms with Gasteiger partial charge in [-0.15, -0.1) is 0 Å². The molecule has 0 atom stereocenters. The van der Waals surface area contributed by atoms with Crippen LogP contribution < -0.4 is 5.73 Å². The van der Waals surface area contributed by atoms with Crippen LogP contribution in [-0.4, -0.2) is 5.84 Å². The Morgan fingerprint density at radius 3 is 2.35 bits per heavy atom. The molecular weight excluding hydrogens is 255 g/mol. The average Bonchev–Trinajstić information content (AvgIpc) is 2.34. The van der Waals surface area contributed by atoms with E-state index >= 15 is 0 Å². The lowest BCUT2D eigenvalue weighted by Gasteiger charge is -2.02. The second-order valence-corrected chi connectivity index (χ2v) is 4.30. The van der Waals surface area contributed by atoms with E-state index in [1.807, 2.05) is 30.3 Å². The number of rotatable bonds is 2. The van der Waals surface area contributed by atoms with Crippen LogP contribution in [0.1, 0.15) is 5.56 Å². The highest BCUT2D eigenvalue weighted by Crippen LogP contribution is 2.28. The molecule has 0 fully saturated rings. The maximum atomic E-state index is 6.01. The molecule has 2 rings (SSSR count). The van der Waals surface area contributed by atoms with Crippen LogP contribution in [0, 0.1) is 0 Å². The van der Waals surface area contributed by atoms with E-state index < -0.39 is 0 Å². The van der Waals surface area contributed by atoms with E-state index in [9.17, 15) is 0 Å². The number of benzene rings is 2. The molecule has 86 valence electrons. The molecule has 0 saturated heterocycles. The molecule has 0 amide bonds. The van der Waals surface area contributed by atoms with Crippen LogP contribution in [0.4, 0.5) is 5.69 Å². The second-order valence-electron chi connectivity index (χ2n) is 3.46. The zero-order valence-electron chi connectivity index (χ0n) is 8.90. The van der Waals surface area contributed by atoms with Crippen molar-refractivity contribution in [2.75, 3.05) is 0 Å². The van der Waals surface area contributed by atoms with Crippen molar-refractivity contribution in [1.29, 1.82) is 0 Å². The Morgan fingerprint density at radius 1 is 1.00 bits per heavy atom. The van der Waals surface area contributed by atoms with Gasteiger partial charge >= 0.3 is 0 Å². The third-order valence-corrected chi connectivity index (χ3v) is 2.76. The van der Waals surface area contributed by atoms with E-state index in [-0.39, 0.29) is 0 Å². The van der Waals surface area contributed by atoms with Crippen LogP contribution in [0.15, 0.2) is 53.5 Å². The Balaban J connectivity index is 2.36. The third-order valence-electron chi connectivity index (χ3n) is 2.22. The predicted molar refractivity (Wildman–Crippen MR) is 73.3 cm³/mol. The van der Waals surface area contributed by atoms with Gasteiger partial charge in [-0.3, -0.25) is 0 Å². The summed E-state index contributed by atoms with van der Waals surface area (Å²) in [7, 11) is 0. The maximum Gasteiger partial charge on any atom is 0.131 e. The van der Waals surface area contributed by atoms with Gasteiger partial charge in [-0.2, -0.15) is 0 Å². The largest absolute Gasteiger partial charge is 0.383 e. The van der Waals surface area contributed by atoms with Crippen molar-refractivity contribution in [1.82, 2.24) is 0 Å². The van der Waals surface area contributed by atoms with Gasteiger partial charge in [0.05, 0.1) is 10.7 Å². The van der Waals surface area contributed by atoms with Crippen molar-refractivity contribution in [2.45, 2.75) is 0 Å². The van der Waals surface area contributed by atoms with E-state index in [2.05, 4.69) is 4.99 Å². The lowest BCUT2D eigenvalue weighted by atomic mass is 10.2. The number of nitrogens with zero attached hydrogens (tertiary/aromatic N) is 1. The van der Waals surface area contributed by atoms with Crippen LogP contribution in [0.2, 0.25) is 10.0 Å². The van der Waals surface area contributed by atoms with Gasteiger partial charge in [0, 0.05) is 10.6 Å². The van der Waals surface area contributed by atoms with Gasteiger partial charge < -0.3 is 5.73 Å². The first-order valence-corrected chi connectivity index (χ1v) is 5.77. The standard InChI is InChI=1S/C13H10Cl2N2/c14-10-6-7-12(11(15)8-10)17-13(16)9-4-2-1-3-5-9/h1-8H,(H2,16,17). The second kappa shape index (κ2) is 5.21. The highest BCUT2D eigenvalue weighted by atomic mass is 35.5. The topological polar surface area (TPSA) is 38.4 Å². The van der Waals surface area contributed by atoms with Crippen LogP contribution in [0.3, 0.4) is 0 Å². The first-order chi connectivity index (χ1) is 8.16. The summed E-state index contributed by atoms with van der Waals surface area (Å²) in [5.41, 5.74) is 7.36. The molecule has 0 aromatic heterocycles. The number of halogens is 2. The predicted octanol–water partition coefficient (Wildman–Crippen LogP) is 4.03. The smallest absolute Gasteiger partial charge is 0.131 e. The number of hydrogen-bond acceptors (Lipinski definition) is 1. The fraction of sp³-hybridized carbons (Fsp3) is 0. The molecule has 0 heterocycles. The van der Waals surface area contributed by atoms with Crippen molar-refractivity contribution in [3.63, 3.8) is 0 Å². The summed E-state index contributed by atoms with van der Waals surface area (Å²) in [6.45, 7) is 0. The average molecular weight is 265 g/mol. The first-order valence-electron chi connectivity index (χ1n) is 5.01. The highest BCUT2D eigenvalue weighted by Gasteiger charge is 2.02. The van der Waals surface area contributed by atoms with Crippen molar-refractivity contribution in [2.24, 2.45) is 10.7 Å². The van der Waals surface area contributed by atoms with E-state index in [0.29, 0.717) is 21.6 Å². The minimum atomic E-state index is 0.426. The maximum absolute atomic E-state index is 6.01. The molecule has 2 aromatic carbocycles. The molecule has 0 aliphatic heterocycles. The third kappa shape index (κ3) is 2.99. The SMILES string of the molecule is NC(=Nc1ccc(Cl)cc1Cl)c1ccccc1. The molecule has 2 nitrogen and oxygen atoms in total. The minimum absolute atomic E-state index is 0.426. The summed E-state index contributed by atoms with van der Waals surface area (Å²) in [5.74, 6) is 0.426. The number of aliphatic imine (C=N–C) groups is 1. The van der Waals surface area contributed by atoms with E-state index in [1.54, 1.807) is 18.2 Å². The Bertz CT molecular complexity index is 551. The Morgan fingerprint density at radius 2 is 1.71 bits per heavy atom. The Hall–Kier alpha value is -1.51. The number of nitrogens with two attached hydrogens (primary N) is 1. The van der Waals surface area contributed by atoms with E-state index in [0.717, 1.165) is 5.56 Å². The van der Waals surface area contributed by atoms with Gasteiger partial charge in [0.15, 0.2) is 0 Å². The lowest BCUT2D eigenvalue weighted by Crippen LogP contribution is -2.12. The van der Waals surface area contributed by atoms with Crippen molar-refractivity contribution >= 4 is 34.7 Å². The zero-order valence-corrected chi connectivity index (χ0v) is 10.4. The van der Waals surface area contributed by atoms with E-state index in [1.165, 1.54) is 0 Å². The van der Waals surface area contributed by atoms with Gasteiger partial charge in [-0.25, -0.2) is 4.99 Å². The van der Waals surface area contributed by atoms with Gasteiger partial charge in [-0.05, 0) is 18.2 Å². The number of hydrogen-bond donors (Lipinski definition) is 1. The van der Waals surface area contributed by atoms with Gasteiger partial charge in [0.2, 0.25) is 0 Å². The minimum Gasteiger partial charge on any atom is -0.383 e. The summed E-state index contributed by atoms with van der Waals surface area (Å²) >= 11 is 11.8. The normalized spacial score (nSPS) is 11.5. The Kier molecular flexibility index (Phi) is 3.67. The van der Waals surface area contributed by atoms with Crippen molar-refractivity contribution in [3.8, 4) is 0 Å². The summed E-state index contributed by atoms with van der Waals surface area (Å²) in [5, 5.41) is 1.06.